The number of anilines is 1. The Morgan fingerprint density at radius 3 is 2.44 bits per heavy atom. The number of nitrogens with one attached hydrogen (secondary N) is 1. The second-order valence-electron chi connectivity index (χ2n) is 8.66. The highest BCUT2D eigenvalue weighted by Crippen LogP contribution is 2.34. The fourth-order valence-corrected chi connectivity index (χ4v) is 4.64. The van der Waals surface area contributed by atoms with Gasteiger partial charge in [0.05, 0.1) is 0 Å². The first-order chi connectivity index (χ1) is 16.6. The average Bonchev–Trinajstić information content (AvgIpc) is 3.28. The van der Waals surface area contributed by atoms with E-state index in [1.54, 1.807) is 25.1 Å². The third-order valence-corrected chi connectivity index (χ3v) is 6.34. The van der Waals surface area contributed by atoms with E-state index < -0.39 is 6.04 Å². The van der Waals surface area contributed by atoms with Crippen LogP contribution in [0.3, 0.4) is 0 Å². The van der Waals surface area contributed by atoms with E-state index >= 15 is 0 Å². The van der Waals surface area contributed by atoms with Crippen LogP contribution < -0.4 is 14.8 Å². The molecule has 2 aliphatic heterocycles. The van der Waals surface area contributed by atoms with Crippen molar-refractivity contribution in [1.82, 2.24) is 10.1 Å². The van der Waals surface area contributed by atoms with Gasteiger partial charge >= 0.3 is 0 Å². The van der Waals surface area contributed by atoms with E-state index in [4.69, 9.17) is 14.0 Å². The Morgan fingerprint density at radius 2 is 1.74 bits per heavy atom. The number of benzene rings is 2. The molecule has 1 atom stereocenters. The summed E-state index contributed by atoms with van der Waals surface area (Å²) in [6.07, 6.45) is 1.35. The van der Waals surface area contributed by atoms with Crippen LogP contribution in [0.4, 0.5) is 5.82 Å². The van der Waals surface area contributed by atoms with Gasteiger partial charge in [0.1, 0.15) is 25.0 Å². The molecule has 1 saturated heterocycles. The molecular formula is C26H27N3O5. The molecule has 3 aromatic rings. The average molecular weight is 462 g/mol. The highest BCUT2D eigenvalue weighted by Gasteiger charge is 2.34. The van der Waals surface area contributed by atoms with Crippen molar-refractivity contribution in [3.8, 4) is 11.5 Å². The highest BCUT2D eigenvalue weighted by molar-refractivity contribution is 5.98. The largest absolute Gasteiger partial charge is 0.486 e. The summed E-state index contributed by atoms with van der Waals surface area (Å²) < 4.78 is 16.3. The summed E-state index contributed by atoms with van der Waals surface area (Å²) in [7, 11) is 0. The molecule has 1 N–H and O–H groups in total. The van der Waals surface area contributed by atoms with Crippen molar-refractivity contribution in [2.45, 2.75) is 25.8 Å². The number of hydrogen-bond donors (Lipinski definition) is 1. The maximum atomic E-state index is 13.3. The van der Waals surface area contributed by atoms with Gasteiger partial charge in [0.2, 0.25) is 5.91 Å². The number of carbonyl (C=O) groups is 2. The van der Waals surface area contributed by atoms with Gasteiger partial charge in [0.15, 0.2) is 23.1 Å². The molecule has 2 aromatic carbocycles. The van der Waals surface area contributed by atoms with Crippen LogP contribution >= 0.6 is 0 Å². The number of likely N-dealkylation sites (tertiary alicyclic amines) is 1. The molecule has 8 nitrogen and oxygen atoms in total. The van der Waals surface area contributed by atoms with Crippen LogP contribution in [-0.2, 0) is 4.79 Å². The molecular weight excluding hydrogens is 434 g/mol. The molecule has 3 heterocycles. The van der Waals surface area contributed by atoms with Gasteiger partial charge in [-0.25, -0.2) is 0 Å². The van der Waals surface area contributed by atoms with Gasteiger partial charge in [-0.3, -0.25) is 14.5 Å². The zero-order valence-electron chi connectivity index (χ0n) is 19.0. The highest BCUT2D eigenvalue weighted by atomic mass is 16.6. The predicted molar refractivity (Wildman–Crippen MR) is 125 cm³/mol. The van der Waals surface area contributed by atoms with E-state index in [2.05, 4.69) is 15.4 Å². The second-order valence-corrected chi connectivity index (χ2v) is 8.66. The minimum absolute atomic E-state index is 0.100. The number of hydrogen-bond acceptors (Lipinski definition) is 7. The Morgan fingerprint density at radius 1 is 1.00 bits per heavy atom. The monoisotopic (exact) mass is 461 g/mol. The summed E-state index contributed by atoms with van der Waals surface area (Å²) >= 11 is 0. The number of nitrogens with zero attached hydrogens (tertiary/aromatic N) is 2. The molecule has 1 fully saturated rings. The maximum Gasteiger partial charge on any atom is 0.247 e. The number of Topliss-reactive ketones (excluding diaryl/α,β-unsaturated/α-hetero) is 1. The summed E-state index contributed by atoms with van der Waals surface area (Å²) in [5, 5.41) is 6.76. The first-order valence-corrected chi connectivity index (χ1v) is 11.6. The molecule has 0 spiro atoms. The van der Waals surface area contributed by atoms with Crippen LogP contribution in [0.2, 0.25) is 0 Å². The first-order valence-electron chi connectivity index (χ1n) is 11.6. The molecule has 176 valence electrons. The van der Waals surface area contributed by atoms with Crippen molar-refractivity contribution < 1.29 is 23.6 Å². The van der Waals surface area contributed by atoms with Crippen molar-refractivity contribution in [2.24, 2.45) is 5.92 Å². The molecule has 0 bridgehead atoms. The molecule has 1 aromatic heterocycles. The van der Waals surface area contributed by atoms with Gasteiger partial charge in [-0.15, -0.1) is 0 Å². The zero-order chi connectivity index (χ0) is 23.5. The molecule has 8 heteroatoms. The van der Waals surface area contributed by atoms with Crippen LogP contribution in [0.25, 0.3) is 0 Å². The van der Waals surface area contributed by atoms with Gasteiger partial charge in [-0.05, 0) is 56.6 Å². The Balaban J connectivity index is 1.28. The van der Waals surface area contributed by atoms with Crippen molar-refractivity contribution in [2.75, 3.05) is 31.6 Å². The van der Waals surface area contributed by atoms with E-state index in [9.17, 15) is 9.59 Å². The van der Waals surface area contributed by atoms with E-state index in [1.807, 2.05) is 36.4 Å². The number of piperidine rings is 1. The number of carbonyl (C=O) groups excluding carboxylic acids is 2. The lowest BCUT2D eigenvalue weighted by Crippen LogP contribution is -2.43. The SMILES string of the molecule is Cc1cc(NC(=O)C(c2ccccc2)N2CCC(C(=O)c3ccc4c(c3)OCCO4)CC2)no1. The standard InChI is InChI=1S/C26H27N3O5/c1-17-15-23(28-34-17)27-26(31)24(18-5-3-2-4-6-18)29-11-9-19(10-12-29)25(30)20-7-8-21-22(16-20)33-14-13-32-21/h2-8,15-16,19,24H,9-14H2,1H3,(H,27,28,31). The topological polar surface area (TPSA) is 93.9 Å². The van der Waals surface area contributed by atoms with Gasteiger partial charge in [-0.1, -0.05) is 35.5 Å². The van der Waals surface area contributed by atoms with Gasteiger partial charge < -0.3 is 19.3 Å². The van der Waals surface area contributed by atoms with Gasteiger partial charge in [0, 0.05) is 17.5 Å². The van der Waals surface area contributed by atoms with E-state index in [-0.39, 0.29) is 17.6 Å². The van der Waals surface area contributed by atoms with Crippen molar-refractivity contribution in [1.29, 1.82) is 0 Å². The van der Waals surface area contributed by atoms with Gasteiger partial charge in [-0.2, -0.15) is 0 Å². The number of amides is 1. The number of ether oxygens (including phenoxy) is 2. The molecule has 1 amide bonds. The number of ketones is 1. The number of aromatic nitrogens is 1. The number of fused-ring (bicyclic) bond motifs is 1. The fourth-order valence-electron chi connectivity index (χ4n) is 4.64. The Kier molecular flexibility index (Phi) is 6.31. The lowest BCUT2D eigenvalue weighted by molar-refractivity contribution is -0.122. The summed E-state index contributed by atoms with van der Waals surface area (Å²) in [4.78, 5) is 28.6. The molecule has 0 aliphatic carbocycles. The van der Waals surface area contributed by atoms with Crippen molar-refractivity contribution in [3.05, 3.63) is 71.5 Å². The van der Waals surface area contributed by atoms with Crippen LogP contribution in [0.15, 0.2) is 59.1 Å². The lowest BCUT2D eigenvalue weighted by atomic mass is 9.87. The van der Waals surface area contributed by atoms with Crippen molar-refractivity contribution in [3.63, 3.8) is 0 Å². The molecule has 2 aliphatic rings. The van der Waals surface area contributed by atoms with Crippen molar-refractivity contribution >= 4 is 17.5 Å². The molecule has 0 radical (unpaired) electrons. The fraction of sp³-hybridized carbons (Fsp3) is 0.346. The Labute approximate surface area is 197 Å². The summed E-state index contributed by atoms with van der Waals surface area (Å²) in [5.41, 5.74) is 1.54. The maximum absolute atomic E-state index is 13.3. The minimum Gasteiger partial charge on any atom is -0.486 e. The third kappa shape index (κ3) is 4.68. The lowest BCUT2D eigenvalue weighted by Gasteiger charge is -2.36. The number of aryl methyl sites for hydroxylation is 1. The van der Waals surface area contributed by atoms with E-state index in [0.29, 0.717) is 67.8 Å². The Hall–Kier alpha value is -3.65. The smallest absolute Gasteiger partial charge is 0.247 e. The summed E-state index contributed by atoms with van der Waals surface area (Å²) in [5.74, 6) is 2.16. The molecule has 0 saturated carbocycles. The first kappa shape index (κ1) is 22.2. The quantitative estimate of drug-likeness (QED) is 0.554. The summed E-state index contributed by atoms with van der Waals surface area (Å²) in [6, 6.07) is 16.3. The molecule has 5 rings (SSSR count). The predicted octanol–water partition coefficient (Wildman–Crippen LogP) is 4.03. The van der Waals surface area contributed by atoms with E-state index in [1.165, 1.54) is 0 Å². The van der Waals surface area contributed by atoms with E-state index in [0.717, 1.165) is 5.56 Å². The van der Waals surface area contributed by atoms with Crippen LogP contribution in [0.5, 0.6) is 11.5 Å². The zero-order valence-corrected chi connectivity index (χ0v) is 19.0. The summed E-state index contributed by atoms with van der Waals surface area (Å²) in [6.45, 7) is 4.05. The molecule has 1 unspecified atom stereocenters. The third-order valence-electron chi connectivity index (χ3n) is 6.34. The number of rotatable bonds is 6. The Bertz CT molecular complexity index is 1170. The minimum atomic E-state index is -0.483. The van der Waals surface area contributed by atoms with Crippen LogP contribution in [0.1, 0.15) is 40.6 Å². The van der Waals surface area contributed by atoms with Crippen LogP contribution in [0, 0.1) is 12.8 Å². The molecule has 34 heavy (non-hydrogen) atoms. The second kappa shape index (κ2) is 9.69. The normalized spacial score (nSPS) is 17.2. The van der Waals surface area contributed by atoms with Crippen LogP contribution in [-0.4, -0.2) is 48.1 Å². The van der Waals surface area contributed by atoms with Gasteiger partial charge in [0.25, 0.3) is 0 Å².